The van der Waals surface area contributed by atoms with Crippen molar-refractivity contribution in [3.8, 4) is 0 Å². The number of hydrogen-bond acceptors (Lipinski definition) is 2. The predicted octanol–water partition coefficient (Wildman–Crippen LogP) is 3.04. The van der Waals surface area contributed by atoms with Gasteiger partial charge in [0.1, 0.15) is 0 Å². The summed E-state index contributed by atoms with van der Waals surface area (Å²) in [4.78, 5) is 4.38. The van der Waals surface area contributed by atoms with Crippen LogP contribution in [-0.4, -0.2) is 15.6 Å². The van der Waals surface area contributed by atoms with Crippen LogP contribution in [0.25, 0.3) is 0 Å². The molecule has 1 aromatic rings. The van der Waals surface area contributed by atoms with Gasteiger partial charge in [0.25, 0.3) is 0 Å². The van der Waals surface area contributed by atoms with Crippen LogP contribution in [0.2, 0.25) is 0 Å². The summed E-state index contributed by atoms with van der Waals surface area (Å²) in [6, 6.07) is 0.660. The predicted molar refractivity (Wildman–Crippen MR) is 63.0 cm³/mol. The molecule has 0 atom stereocenters. The van der Waals surface area contributed by atoms with Crippen LogP contribution in [0.1, 0.15) is 45.4 Å². The second-order valence-electron chi connectivity index (χ2n) is 4.42. The van der Waals surface area contributed by atoms with E-state index in [1.54, 1.807) is 0 Å². The quantitative estimate of drug-likeness (QED) is 0.804. The zero-order chi connectivity index (χ0) is 10.5. The molecule has 3 heteroatoms. The first-order valence-corrected chi connectivity index (χ1v) is 6.18. The molecule has 1 aromatic heterocycles. The summed E-state index contributed by atoms with van der Waals surface area (Å²) < 4.78 is 2.24. The normalized spacial score (nSPS) is 17.1. The Kier molecular flexibility index (Phi) is 3.64. The molecular formula is C12H21N3. The van der Waals surface area contributed by atoms with E-state index in [0.717, 1.165) is 12.5 Å². The largest absolute Gasteiger partial charge is 0.353 e. The van der Waals surface area contributed by atoms with E-state index in [9.17, 15) is 0 Å². The van der Waals surface area contributed by atoms with Gasteiger partial charge < -0.3 is 9.88 Å². The van der Waals surface area contributed by atoms with Crippen LogP contribution >= 0.6 is 0 Å². The lowest BCUT2D eigenvalue weighted by molar-refractivity contribution is 0.625. The van der Waals surface area contributed by atoms with Gasteiger partial charge in [0.2, 0.25) is 5.95 Å². The Morgan fingerprint density at radius 1 is 1.47 bits per heavy atom. The molecular weight excluding hydrogens is 186 g/mol. The summed E-state index contributed by atoms with van der Waals surface area (Å²) in [5.41, 5.74) is 0. The Balaban J connectivity index is 1.91. The molecule has 1 aliphatic carbocycles. The molecule has 3 nitrogen and oxygen atoms in total. The monoisotopic (exact) mass is 207 g/mol. The van der Waals surface area contributed by atoms with Gasteiger partial charge in [-0.3, -0.25) is 0 Å². The number of rotatable bonds is 5. The van der Waals surface area contributed by atoms with Crippen molar-refractivity contribution in [3.63, 3.8) is 0 Å². The third kappa shape index (κ3) is 2.74. The molecule has 0 saturated heterocycles. The van der Waals surface area contributed by atoms with Crippen LogP contribution in [0.4, 0.5) is 5.95 Å². The molecule has 1 N–H and O–H groups in total. The SMILES string of the molecule is CCCCn1ccnc1NC1CCCC1. The summed E-state index contributed by atoms with van der Waals surface area (Å²) in [6.45, 7) is 3.31. The lowest BCUT2D eigenvalue weighted by atomic mass is 10.2. The number of aromatic nitrogens is 2. The molecule has 0 radical (unpaired) electrons. The third-order valence-corrected chi connectivity index (χ3v) is 3.16. The minimum atomic E-state index is 0.660. The van der Waals surface area contributed by atoms with Gasteiger partial charge in [0, 0.05) is 25.0 Å². The summed E-state index contributed by atoms with van der Waals surface area (Å²) in [7, 11) is 0. The van der Waals surface area contributed by atoms with Crippen molar-refractivity contribution in [2.24, 2.45) is 0 Å². The molecule has 0 amide bonds. The fraction of sp³-hybridized carbons (Fsp3) is 0.750. The summed E-state index contributed by atoms with van der Waals surface area (Å²) in [6.07, 6.45) is 11.8. The minimum absolute atomic E-state index is 0.660. The first-order chi connectivity index (χ1) is 7.40. The number of hydrogen-bond donors (Lipinski definition) is 1. The number of imidazole rings is 1. The lowest BCUT2D eigenvalue weighted by Crippen LogP contribution is -2.18. The van der Waals surface area contributed by atoms with E-state index < -0.39 is 0 Å². The van der Waals surface area contributed by atoms with Crippen LogP contribution < -0.4 is 5.32 Å². The molecule has 0 aliphatic heterocycles. The molecule has 0 spiro atoms. The zero-order valence-corrected chi connectivity index (χ0v) is 9.58. The van der Waals surface area contributed by atoms with Crippen molar-refractivity contribution in [2.75, 3.05) is 5.32 Å². The Labute approximate surface area is 91.9 Å². The topological polar surface area (TPSA) is 29.9 Å². The lowest BCUT2D eigenvalue weighted by Gasteiger charge is -2.14. The number of nitrogens with zero attached hydrogens (tertiary/aromatic N) is 2. The van der Waals surface area contributed by atoms with Crippen molar-refractivity contribution in [3.05, 3.63) is 12.4 Å². The first-order valence-electron chi connectivity index (χ1n) is 6.18. The highest BCUT2D eigenvalue weighted by atomic mass is 15.2. The maximum Gasteiger partial charge on any atom is 0.202 e. The van der Waals surface area contributed by atoms with Gasteiger partial charge in [-0.1, -0.05) is 26.2 Å². The van der Waals surface area contributed by atoms with Crippen molar-refractivity contribution in [1.82, 2.24) is 9.55 Å². The van der Waals surface area contributed by atoms with E-state index >= 15 is 0 Å². The Morgan fingerprint density at radius 3 is 3.00 bits per heavy atom. The molecule has 2 rings (SSSR count). The Bertz CT molecular complexity index is 287. The standard InChI is InChI=1S/C12H21N3/c1-2-3-9-15-10-8-13-12(15)14-11-6-4-5-7-11/h8,10-11H,2-7,9H2,1H3,(H,13,14). The van der Waals surface area contributed by atoms with E-state index in [1.807, 2.05) is 6.20 Å². The molecule has 84 valence electrons. The van der Waals surface area contributed by atoms with E-state index in [-0.39, 0.29) is 0 Å². The minimum Gasteiger partial charge on any atom is -0.353 e. The smallest absolute Gasteiger partial charge is 0.202 e. The highest BCUT2D eigenvalue weighted by Gasteiger charge is 2.16. The second-order valence-corrected chi connectivity index (χ2v) is 4.42. The van der Waals surface area contributed by atoms with Crippen LogP contribution in [0.5, 0.6) is 0 Å². The summed E-state index contributed by atoms with van der Waals surface area (Å²) >= 11 is 0. The molecule has 0 unspecified atom stereocenters. The highest BCUT2D eigenvalue weighted by Crippen LogP contribution is 2.21. The highest BCUT2D eigenvalue weighted by molar-refractivity contribution is 5.27. The fourth-order valence-corrected chi connectivity index (χ4v) is 2.21. The average Bonchev–Trinajstić information content (AvgIpc) is 2.87. The van der Waals surface area contributed by atoms with Crippen LogP contribution in [0, 0.1) is 0 Å². The van der Waals surface area contributed by atoms with Crippen LogP contribution in [0.3, 0.4) is 0 Å². The number of anilines is 1. The molecule has 15 heavy (non-hydrogen) atoms. The van der Waals surface area contributed by atoms with Gasteiger partial charge >= 0.3 is 0 Å². The van der Waals surface area contributed by atoms with Gasteiger partial charge in [-0.05, 0) is 19.3 Å². The molecule has 1 heterocycles. The molecule has 1 saturated carbocycles. The third-order valence-electron chi connectivity index (χ3n) is 3.16. The average molecular weight is 207 g/mol. The molecule has 0 bridgehead atoms. The Morgan fingerprint density at radius 2 is 2.27 bits per heavy atom. The number of nitrogens with one attached hydrogen (secondary N) is 1. The number of aryl methyl sites for hydroxylation is 1. The zero-order valence-electron chi connectivity index (χ0n) is 9.58. The van der Waals surface area contributed by atoms with Gasteiger partial charge in [-0.25, -0.2) is 4.98 Å². The van der Waals surface area contributed by atoms with E-state index in [0.29, 0.717) is 6.04 Å². The first kappa shape index (κ1) is 10.5. The van der Waals surface area contributed by atoms with Crippen molar-refractivity contribution in [2.45, 2.75) is 58.0 Å². The van der Waals surface area contributed by atoms with E-state index in [1.165, 1.54) is 38.5 Å². The van der Waals surface area contributed by atoms with Gasteiger partial charge in [-0.2, -0.15) is 0 Å². The van der Waals surface area contributed by atoms with Crippen LogP contribution in [0.15, 0.2) is 12.4 Å². The number of unbranched alkanes of at least 4 members (excludes halogenated alkanes) is 1. The fourth-order valence-electron chi connectivity index (χ4n) is 2.21. The summed E-state index contributed by atoms with van der Waals surface area (Å²) in [5, 5.41) is 3.55. The molecule has 1 aliphatic rings. The van der Waals surface area contributed by atoms with Crippen molar-refractivity contribution < 1.29 is 0 Å². The van der Waals surface area contributed by atoms with E-state index in [4.69, 9.17) is 0 Å². The van der Waals surface area contributed by atoms with Gasteiger partial charge in [0.05, 0.1) is 0 Å². The van der Waals surface area contributed by atoms with Crippen molar-refractivity contribution >= 4 is 5.95 Å². The van der Waals surface area contributed by atoms with Crippen LogP contribution in [-0.2, 0) is 6.54 Å². The van der Waals surface area contributed by atoms with Gasteiger partial charge in [0.15, 0.2) is 0 Å². The second kappa shape index (κ2) is 5.19. The maximum atomic E-state index is 4.38. The van der Waals surface area contributed by atoms with Gasteiger partial charge in [-0.15, -0.1) is 0 Å². The Hall–Kier alpha value is -0.990. The molecule has 1 fully saturated rings. The maximum absolute atomic E-state index is 4.38. The molecule has 0 aromatic carbocycles. The van der Waals surface area contributed by atoms with E-state index in [2.05, 4.69) is 28.0 Å². The van der Waals surface area contributed by atoms with Crippen molar-refractivity contribution in [1.29, 1.82) is 0 Å². The summed E-state index contributed by atoms with van der Waals surface area (Å²) in [5.74, 6) is 1.07.